The fraction of sp³-hybridized carbons (Fsp3) is 0.250. The number of likely N-dealkylation sites (tertiary alicyclic amines) is 1. The standard InChI is InChI=1S/C20H19ClN4O3/c1-27-16-9-7-13(8-10-16)18-23-19(28-24-18)17-6-3-11-25(17)20(26)22-15-5-2-4-14(21)12-15/h2,4-5,7-10,12,17H,3,6,11H2,1H3,(H,22,26)/t17-/m1/s1. The van der Waals surface area contributed by atoms with Gasteiger partial charge in [-0.15, -0.1) is 0 Å². The highest BCUT2D eigenvalue weighted by Gasteiger charge is 2.34. The number of halogens is 1. The van der Waals surface area contributed by atoms with Crippen LogP contribution in [0.4, 0.5) is 10.5 Å². The highest BCUT2D eigenvalue weighted by molar-refractivity contribution is 6.30. The van der Waals surface area contributed by atoms with E-state index in [9.17, 15) is 4.79 Å². The van der Waals surface area contributed by atoms with Gasteiger partial charge in [0.05, 0.1) is 7.11 Å². The quantitative estimate of drug-likeness (QED) is 0.684. The summed E-state index contributed by atoms with van der Waals surface area (Å²) in [5.74, 6) is 1.68. The van der Waals surface area contributed by atoms with Crippen LogP contribution >= 0.6 is 11.6 Å². The number of nitrogens with one attached hydrogen (secondary N) is 1. The highest BCUT2D eigenvalue weighted by atomic mass is 35.5. The van der Waals surface area contributed by atoms with E-state index in [-0.39, 0.29) is 12.1 Å². The van der Waals surface area contributed by atoms with E-state index in [2.05, 4.69) is 15.5 Å². The first-order valence-electron chi connectivity index (χ1n) is 8.95. The molecule has 2 aromatic carbocycles. The summed E-state index contributed by atoms with van der Waals surface area (Å²) in [6.07, 6.45) is 1.64. The molecule has 0 radical (unpaired) electrons. The summed E-state index contributed by atoms with van der Waals surface area (Å²) in [7, 11) is 1.62. The molecule has 28 heavy (non-hydrogen) atoms. The molecule has 0 saturated carbocycles. The van der Waals surface area contributed by atoms with Gasteiger partial charge in [0.25, 0.3) is 0 Å². The molecule has 1 aliphatic rings. The van der Waals surface area contributed by atoms with E-state index in [1.807, 2.05) is 24.3 Å². The van der Waals surface area contributed by atoms with Crippen molar-refractivity contribution in [3.63, 3.8) is 0 Å². The minimum absolute atomic E-state index is 0.214. The van der Waals surface area contributed by atoms with Crippen LogP contribution in [0.1, 0.15) is 24.8 Å². The van der Waals surface area contributed by atoms with E-state index in [1.54, 1.807) is 36.3 Å². The fourth-order valence-corrected chi connectivity index (χ4v) is 3.45. The first kappa shape index (κ1) is 18.3. The van der Waals surface area contributed by atoms with Gasteiger partial charge in [-0.3, -0.25) is 0 Å². The monoisotopic (exact) mass is 398 g/mol. The third-order valence-corrected chi connectivity index (χ3v) is 4.90. The molecule has 144 valence electrons. The van der Waals surface area contributed by atoms with E-state index >= 15 is 0 Å². The zero-order valence-electron chi connectivity index (χ0n) is 15.3. The largest absolute Gasteiger partial charge is 0.497 e. The molecule has 0 unspecified atom stereocenters. The lowest BCUT2D eigenvalue weighted by atomic mass is 10.2. The number of benzene rings is 2. The van der Waals surface area contributed by atoms with Crippen molar-refractivity contribution in [1.29, 1.82) is 0 Å². The Hall–Kier alpha value is -3.06. The van der Waals surface area contributed by atoms with Crippen molar-refractivity contribution >= 4 is 23.3 Å². The van der Waals surface area contributed by atoms with Gasteiger partial charge in [0, 0.05) is 22.8 Å². The van der Waals surface area contributed by atoms with Gasteiger partial charge in [-0.25, -0.2) is 4.79 Å². The molecule has 1 aromatic heterocycles. The van der Waals surface area contributed by atoms with Gasteiger partial charge in [-0.2, -0.15) is 4.98 Å². The first-order chi connectivity index (χ1) is 13.6. The number of ether oxygens (including phenoxy) is 1. The van der Waals surface area contributed by atoms with Crippen molar-refractivity contribution in [2.45, 2.75) is 18.9 Å². The van der Waals surface area contributed by atoms with Crippen LogP contribution in [-0.2, 0) is 0 Å². The molecule has 1 aliphatic heterocycles. The predicted molar refractivity (Wildman–Crippen MR) is 105 cm³/mol. The van der Waals surface area contributed by atoms with Gasteiger partial charge in [0.15, 0.2) is 0 Å². The highest BCUT2D eigenvalue weighted by Crippen LogP contribution is 2.33. The number of anilines is 1. The summed E-state index contributed by atoms with van der Waals surface area (Å²) in [6.45, 7) is 0.622. The number of amides is 2. The van der Waals surface area contributed by atoms with Crippen molar-refractivity contribution < 1.29 is 14.1 Å². The van der Waals surface area contributed by atoms with Gasteiger partial charge in [0.1, 0.15) is 11.8 Å². The van der Waals surface area contributed by atoms with Crippen LogP contribution in [0.25, 0.3) is 11.4 Å². The zero-order valence-corrected chi connectivity index (χ0v) is 16.0. The van der Waals surface area contributed by atoms with Gasteiger partial charge in [-0.1, -0.05) is 22.8 Å². The Bertz CT molecular complexity index is 974. The number of aromatic nitrogens is 2. The van der Waals surface area contributed by atoms with Crippen LogP contribution in [0.2, 0.25) is 5.02 Å². The molecule has 1 saturated heterocycles. The normalized spacial score (nSPS) is 16.2. The summed E-state index contributed by atoms with van der Waals surface area (Å²) in [5, 5.41) is 7.51. The Labute approximate surface area is 167 Å². The smallest absolute Gasteiger partial charge is 0.322 e. The molecule has 1 atom stereocenters. The molecule has 7 nitrogen and oxygen atoms in total. The van der Waals surface area contributed by atoms with Crippen LogP contribution in [0.15, 0.2) is 53.1 Å². The number of urea groups is 1. The second-order valence-electron chi connectivity index (χ2n) is 6.48. The van der Waals surface area contributed by atoms with Crippen molar-refractivity contribution in [2.24, 2.45) is 0 Å². The molecule has 1 fully saturated rings. The Balaban J connectivity index is 1.50. The molecule has 0 spiro atoms. The molecule has 4 rings (SSSR count). The Morgan fingerprint density at radius 2 is 2.11 bits per heavy atom. The van der Waals surface area contributed by atoms with Crippen molar-refractivity contribution in [3.8, 4) is 17.1 Å². The minimum atomic E-state index is -0.251. The SMILES string of the molecule is COc1ccc(-c2noc([C@H]3CCCN3C(=O)Nc3cccc(Cl)c3)n2)cc1. The maximum absolute atomic E-state index is 12.7. The molecule has 1 N–H and O–H groups in total. The number of hydrogen-bond acceptors (Lipinski definition) is 5. The lowest BCUT2D eigenvalue weighted by Crippen LogP contribution is -2.34. The summed E-state index contributed by atoms with van der Waals surface area (Å²) in [5.41, 5.74) is 1.47. The number of nitrogens with zero attached hydrogens (tertiary/aromatic N) is 3. The molecule has 0 bridgehead atoms. The van der Waals surface area contributed by atoms with E-state index in [0.717, 1.165) is 24.2 Å². The predicted octanol–water partition coefficient (Wildman–Crippen LogP) is 4.77. The number of hydrogen-bond donors (Lipinski definition) is 1. The van der Waals surface area contributed by atoms with Crippen LogP contribution in [0.3, 0.4) is 0 Å². The average Bonchev–Trinajstić information content (AvgIpc) is 3.37. The topological polar surface area (TPSA) is 80.5 Å². The van der Waals surface area contributed by atoms with Crippen LogP contribution in [0, 0.1) is 0 Å². The summed E-state index contributed by atoms with van der Waals surface area (Å²) in [4.78, 5) is 18.9. The zero-order chi connectivity index (χ0) is 19.5. The number of rotatable bonds is 4. The van der Waals surface area contributed by atoms with E-state index in [0.29, 0.717) is 29.0 Å². The van der Waals surface area contributed by atoms with Gasteiger partial charge in [0.2, 0.25) is 11.7 Å². The summed E-state index contributed by atoms with van der Waals surface area (Å²) >= 11 is 5.99. The maximum Gasteiger partial charge on any atom is 0.322 e. The average molecular weight is 399 g/mol. The Morgan fingerprint density at radius 3 is 2.86 bits per heavy atom. The minimum Gasteiger partial charge on any atom is -0.497 e. The number of carbonyl (C=O) groups is 1. The van der Waals surface area contributed by atoms with Gasteiger partial charge < -0.3 is 19.5 Å². The number of carbonyl (C=O) groups excluding carboxylic acids is 1. The van der Waals surface area contributed by atoms with Crippen molar-refractivity contribution in [2.75, 3.05) is 19.0 Å². The molecular formula is C20H19ClN4O3. The lowest BCUT2D eigenvalue weighted by Gasteiger charge is -2.22. The molecule has 2 amide bonds. The van der Waals surface area contributed by atoms with E-state index < -0.39 is 0 Å². The van der Waals surface area contributed by atoms with E-state index in [1.165, 1.54) is 0 Å². The van der Waals surface area contributed by atoms with Crippen molar-refractivity contribution in [1.82, 2.24) is 15.0 Å². The Kier molecular flexibility index (Phi) is 5.16. The Morgan fingerprint density at radius 1 is 1.29 bits per heavy atom. The van der Waals surface area contributed by atoms with Crippen LogP contribution in [0.5, 0.6) is 5.75 Å². The van der Waals surface area contributed by atoms with Crippen LogP contribution in [-0.4, -0.2) is 34.7 Å². The van der Waals surface area contributed by atoms with Crippen LogP contribution < -0.4 is 10.1 Å². The second kappa shape index (κ2) is 7.90. The summed E-state index contributed by atoms with van der Waals surface area (Å²) < 4.78 is 10.6. The summed E-state index contributed by atoms with van der Waals surface area (Å²) in [6, 6.07) is 14.0. The molecular weight excluding hydrogens is 380 g/mol. The molecule has 3 aromatic rings. The van der Waals surface area contributed by atoms with E-state index in [4.69, 9.17) is 20.9 Å². The third-order valence-electron chi connectivity index (χ3n) is 4.66. The molecule has 8 heteroatoms. The van der Waals surface area contributed by atoms with Gasteiger partial charge in [-0.05, 0) is 55.3 Å². The number of methoxy groups -OCH3 is 1. The second-order valence-corrected chi connectivity index (χ2v) is 6.91. The van der Waals surface area contributed by atoms with Crippen molar-refractivity contribution in [3.05, 3.63) is 59.4 Å². The van der Waals surface area contributed by atoms with Gasteiger partial charge >= 0.3 is 6.03 Å². The first-order valence-corrected chi connectivity index (χ1v) is 9.33. The fourth-order valence-electron chi connectivity index (χ4n) is 3.26. The molecule has 2 heterocycles. The lowest BCUT2D eigenvalue weighted by molar-refractivity contribution is 0.193. The third kappa shape index (κ3) is 3.80. The maximum atomic E-state index is 12.7. The molecule has 0 aliphatic carbocycles.